The van der Waals surface area contributed by atoms with Crippen LogP contribution in [0.25, 0.3) is 0 Å². The molecule has 1 aliphatic carbocycles. The number of nitrogens with one attached hydrogen (secondary N) is 1. The molecular formula is C18H22N2O4S. The van der Waals surface area contributed by atoms with Crippen LogP contribution in [-0.2, 0) is 19.6 Å². The summed E-state index contributed by atoms with van der Waals surface area (Å²) in [5.74, 6) is -1.41. The molecule has 1 saturated heterocycles. The molecule has 25 heavy (non-hydrogen) atoms. The van der Waals surface area contributed by atoms with Crippen molar-refractivity contribution >= 4 is 21.8 Å². The van der Waals surface area contributed by atoms with E-state index in [4.69, 9.17) is 0 Å². The fourth-order valence-electron chi connectivity index (χ4n) is 3.22. The number of hydrogen-bond donors (Lipinski definition) is 1. The van der Waals surface area contributed by atoms with Crippen molar-refractivity contribution < 1.29 is 18.0 Å². The maximum atomic E-state index is 12.4. The van der Waals surface area contributed by atoms with Gasteiger partial charge < -0.3 is 4.90 Å². The highest BCUT2D eigenvalue weighted by atomic mass is 32.2. The van der Waals surface area contributed by atoms with Gasteiger partial charge in [0.25, 0.3) is 0 Å². The minimum atomic E-state index is -3.79. The zero-order chi connectivity index (χ0) is 18.2. The lowest BCUT2D eigenvalue weighted by Gasteiger charge is -2.25. The van der Waals surface area contributed by atoms with Crippen LogP contribution in [0.3, 0.4) is 0 Å². The van der Waals surface area contributed by atoms with Crippen LogP contribution in [0.1, 0.15) is 37.8 Å². The van der Waals surface area contributed by atoms with E-state index in [0.29, 0.717) is 12.8 Å². The molecule has 1 N–H and O–H groups in total. The predicted octanol–water partition coefficient (Wildman–Crippen LogP) is 1.76. The maximum Gasteiger partial charge on any atom is 0.244 e. The molecule has 0 bridgehead atoms. The van der Waals surface area contributed by atoms with Crippen molar-refractivity contribution in [3.63, 3.8) is 0 Å². The van der Waals surface area contributed by atoms with E-state index in [9.17, 15) is 18.0 Å². The van der Waals surface area contributed by atoms with Gasteiger partial charge in [-0.05, 0) is 25.3 Å². The van der Waals surface area contributed by atoms with Gasteiger partial charge in [-0.2, -0.15) is 0 Å². The normalized spacial score (nSPS) is 23.2. The molecule has 0 aromatic heterocycles. The monoisotopic (exact) mass is 362 g/mol. The number of carbonyl (C=O) groups is 2. The van der Waals surface area contributed by atoms with Gasteiger partial charge in [-0.3, -0.25) is 14.3 Å². The summed E-state index contributed by atoms with van der Waals surface area (Å²) in [5.41, 5.74) is 0.980. The third-order valence-corrected chi connectivity index (χ3v) is 7.28. The van der Waals surface area contributed by atoms with Crippen LogP contribution in [0.15, 0.2) is 43.0 Å². The molecule has 1 aromatic rings. The molecule has 1 heterocycles. The minimum Gasteiger partial charge on any atom is -0.335 e. The Hall–Kier alpha value is -2.15. The second kappa shape index (κ2) is 6.29. The molecule has 0 spiro atoms. The Labute approximate surface area is 148 Å². The Morgan fingerprint density at radius 1 is 1.36 bits per heavy atom. The standard InChI is InChI=1S/C18H22N2O4S/c1-3-18(9-10-18)25(23,24)19-17(22)15-11-16(21)20(12-15)13(2)14-7-5-4-6-8-14/h3-8,13,15H,1,9-12H2,2H3,(H,19,22). The van der Waals surface area contributed by atoms with E-state index in [0.717, 1.165) is 5.56 Å². The summed E-state index contributed by atoms with van der Waals surface area (Å²) in [6.45, 7) is 5.68. The van der Waals surface area contributed by atoms with Crippen LogP contribution >= 0.6 is 0 Å². The average Bonchev–Trinajstić information content (AvgIpc) is 3.32. The first-order chi connectivity index (χ1) is 11.8. The van der Waals surface area contributed by atoms with Gasteiger partial charge in [0, 0.05) is 13.0 Å². The number of sulfonamides is 1. The van der Waals surface area contributed by atoms with E-state index in [1.165, 1.54) is 6.08 Å². The molecule has 2 atom stereocenters. The predicted molar refractivity (Wildman–Crippen MR) is 93.9 cm³/mol. The third kappa shape index (κ3) is 3.20. The Morgan fingerprint density at radius 3 is 2.56 bits per heavy atom. The first-order valence-corrected chi connectivity index (χ1v) is 9.82. The van der Waals surface area contributed by atoms with Crippen molar-refractivity contribution in [2.45, 2.75) is 37.0 Å². The van der Waals surface area contributed by atoms with E-state index < -0.39 is 26.6 Å². The molecule has 1 aromatic carbocycles. The van der Waals surface area contributed by atoms with Gasteiger partial charge in [0.1, 0.15) is 4.75 Å². The molecule has 134 valence electrons. The lowest BCUT2D eigenvalue weighted by Crippen LogP contribution is -2.42. The van der Waals surface area contributed by atoms with Gasteiger partial charge in [0.05, 0.1) is 12.0 Å². The van der Waals surface area contributed by atoms with Gasteiger partial charge >= 0.3 is 0 Å². The quantitative estimate of drug-likeness (QED) is 0.782. The van der Waals surface area contributed by atoms with Crippen LogP contribution in [0.2, 0.25) is 0 Å². The first-order valence-electron chi connectivity index (χ1n) is 8.34. The molecule has 2 fully saturated rings. The molecule has 7 heteroatoms. The molecule has 2 amide bonds. The number of likely N-dealkylation sites (tertiary alicyclic amines) is 1. The Balaban J connectivity index is 1.68. The molecule has 0 radical (unpaired) electrons. The second-order valence-corrected chi connectivity index (χ2v) is 8.80. The lowest BCUT2D eigenvalue weighted by atomic mass is 10.1. The Bertz CT molecular complexity index is 800. The van der Waals surface area contributed by atoms with E-state index in [1.807, 2.05) is 37.3 Å². The van der Waals surface area contributed by atoms with Crippen molar-refractivity contribution in [2.24, 2.45) is 5.92 Å². The summed E-state index contributed by atoms with van der Waals surface area (Å²) in [6, 6.07) is 9.39. The van der Waals surface area contributed by atoms with Crippen LogP contribution in [-0.4, -0.2) is 36.4 Å². The number of rotatable bonds is 6. The second-order valence-electron chi connectivity index (χ2n) is 6.77. The fourth-order valence-corrected chi connectivity index (χ4v) is 4.71. The maximum absolute atomic E-state index is 12.4. The zero-order valence-electron chi connectivity index (χ0n) is 14.1. The molecule has 1 aliphatic heterocycles. The third-order valence-electron chi connectivity index (χ3n) is 5.16. The van der Waals surface area contributed by atoms with Crippen LogP contribution in [0, 0.1) is 5.92 Å². The van der Waals surface area contributed by atoms with E-state index >= 15 is 0 Å². The number of benzene rings is 1. The highest BCUT2D eigenvalue weighted by Gasteiger charge is 2.53. The minimum absolute atomic E-state index is 0.0274. The zero-order valence-corrected chi connectivity index (χ0v) is 15.0. The largest absolute Gasteiger partial charge is 0.335 e. The molecule has 2 unspecified atom stereocenters. The van der Waals surface area contributed by atoms with Crippen molar-refractivity contribution in [3.05, 3.63) is 48.6 Å². The highest BCUT2D eigenvalue weighted by Crippen LogP contribution is 2.44. The van der Waals surface area contributed by atoms with E-state index in [2.05, 4.69) is 11.3 Å². The topological polar surface area (TPSA) is 83.5 Å². The summed E-state index contributed by atoms with van der Waals surface area (Å²) >= 11 is 0. The molecule has 2 aliphatic rings. The molecule has 1 saturated carbocycles. The molecule has 6 nitrogen and oxygen atoms in total. The number of nitrogens with zero attached hydrogens (tertiary/aromatic N) is 1. The van der Waals surface area contributed by atoms with Crippen molar-refractivity contribution in [1.29, 1.82) is 0 Å². The smallest absolute Gasteiger partial charge is 0.244 e. The summed E-state index contributed by atoms with van der Waals surface area (Å²) in [7, 11) is -3.79. The highest BCUT2D eigenvalue weighted by molar-refractivity contribution is 7.91. The van der Waals surface area contributed by atoms with Crippen LogP contribution in [0.4, 0.5) is 0 Å². The van der Waals surface area contributed by atoms with E-state index in [1.54, 1.807) is 4.90 Å². The molecular weight excluding hydrogens is 340 g/mol. The average molecular weight is 362 g/mol. The van der Waals surface area contributed by atoms with Gasteiger partial charge in [0.2, 0.25) is 21.8 Å². The van der Waals surface area contributed by atoms with Crippen LogP contribution < -0.4 is 4.72 Å². The SMILES string of the molecule is C=CC1(S(=O)(=O)NC(=O)C2CC(=O)N(C(C)c3ccccc3)C2)CC1. The van der Waals surface area contributed by atoms with E-state index in [-0.39, 0.29) is 24.9 Å². The number of carbonyl (C=O) groups excluding carboxylic acids is 2. The summed E-state index contributed by atoms with van der Waals surface area (Å²) in [4.78, 5) is 26.3. The number of amides is 2. The summed E-state index contributed by atoms with van der Waals surface area (Å²) < 4.78 is 25.8. The lowest BCUT2D eigenvalue weighted by molar-refractivity contribution is -0.130. The first kappa shape index (κ1) is 17.7. The van der Waals surface area contributed by atoms with Gasteiger partial charge in [-0.1, -0.05) is 36.4 Å². The fraction of sp³-hybridized carbons (Fsp3) is 0.444. The number of hydrogen-bond acceptors (Lipinski definition) is 4. The summed E-state index contributed by atoms with van der Waals surface area (Å²) in [6.07, 6.45) is 2.35. The Morgan fingerprint density at radius 2 is 2.00 bits per heavy atom. The van der Waals surface area contributed by atoms with Gasteiger partial charge in [-0.25, -0.2) is 8.42 Å². The van der Waals surface area contributed by atoms with Crippen molar-refractivity contribution in [1.82, 2.24) is 9.62 Å². The summed E-state index contributed by atoms with van der Waals surface area (Å²) in [5, 5.41) is 0. The van der Waals surface area contributed by atoms with Crippen molar-refractivity contribution in [2.75, 3.05) is 6.54 Å². The van der Waals surface area contributed by atoms with Crippen LogP contribution in [0.5, 0.6) is 0 Å². The van der Waals surface area contributed by atoms with Gasteiger partial charge in [-0.15, -0.1) is 6.58 Å². The van der Waals surface area contributed by atoms with Gasteiger partial charge in [0.15, 0.2) is 0 Å². The Kier molecular flexibility index (Phi) is 4.45. The van der Waals surface area contributed by atoms with Crippen molar-refractivity contribution in [3.8, 4) is 0 Å². The molecule has 3 rings (SSSR count).